The molecule has 1 N–H and O–H groups in total. The van der Waals surface area contributed by atoms with Crippen molar-refractivity contribution in [3.05, 3.63) is 0 Å². The molecule has 0 radical (unpaired) electrons. The van der Waals surface area contributed by atoms with E-state index in [1.54, 1.807) is 0 Å². The minimum absolute atomic E-state index is 0.813. The molecule has 1 atom stereocenters. The van der Waals surface area contributed by atoms with Crippen molar-refractivity contribution in [2.75, 3.05) is 0 Å². The molecule has 0 aliphatic heterocycles. The molecule has 2 saturated carbocycles. The summed E-state index contributed by atoms with van der Waals surface area (Å²) in [6, 6.07) is 1.65. The molecule has 0 amide bonds. The summed E-state index contributed by atoms with van der Waals surface area (Å²) in [4.78, 5) is 0. The van der Waals surface area contributed by atoms with Crippen LogP contribution in [0.4, 0.5) is 0 Å². The van der Waals surface area contributed by atoms with Gasteiger partial charge in [0, 0.05) is 12.1 Å². The molecular weight excluding hydrogens is 230 g/mol. The second-order valence-electron chi connectivity index (χ2n) is 7.09. The van der Waals surface area contributed by atoms with Crippen LogP contribution in [0.1, 0.15) is 90.9 Å². The molecule has 0 aromatic carbocycles. The van der Waals surface area contributed by atoms with E-state index >= 15 is 0 Å². The minimum Gasteiger partial charge on any atom is -0.311 e. The van der Waals surface area contributed by atoms with Gasteiger partial charge in [0.25, 0.3) is 0 Å². The van der Waals surface area contributed by atoms with Crippen LogP contribution in [-0.2, 0) is 0 Å². The van der Waals surface area contributed by atoms with Crippen molar-refractivity contribution in [3.8, 4) is 0 Å². The molecule has 1 unspecified atom stereocenters. The minimum atomic E-state index is 0.813. The van der Waals surface area contributed by atoms with E-state index in [-0.39, 0.29) is 0 Å². The number of hydrogen-bond donors (Lipinski definition) is 1. The molecule has 0 bridgehead atoms. The van der Waals surface area contributed by atoms with Gasteiger partial charge in [0.05, 0.1) is 0 Å². The standard InChI is InChI=1S/C18H35N/c1-3-8-15-11-13-17(14-12-15)19-18(4-2)16-9-6-5-7-10-16/h15-19H,3-14H2,1-2H3. The topological polar surface area (TPSA) is 12.0 Å². The molecule has 0 aromatic heterocycles. The fourth-order valence-corrected chi connectivity index (χ4v) is 4.45. The van der Waals surface area contributed by atoms with Gasteiger partial charge < -0.3 is 5.32 Å². The van der Waals surface area contributed by atoms with Crippen LogP contribution in [0.2, 0.25) is 0 Å². The number of rotatable bonds is 6. The number of hydrogen-bond acceptors (Lipinski definition) is 1. The summed E-state index contributed by atoms with van der Waals surface area (Å²) in [5.74, 6) is 2.02. The van der Waals surface area contributed by atoms with Crippen LogP contribution in [0.25, 0.3) is 0 Å². The first-order valence-corrected chi connectivity index (χ1v) is 9.09. The van der Waals surface area contributed by atoms with Gasteiger partial charge in [0.2, 0.25) is 0 Å². The van der Waals surface area contributed by atoms with E-state index in [0.29, 0.717) is 0 Å². The molecule has 112 valence electrons. The predicted molar refractivity (Wildman–Crippen MR) is 84.4 cm³/mol. The Balaban J connectivity index is 1.73. The summed E-state index contributed by atoms with van der Waals surface area (Å²) >= 11 is 0. The number of nitrogens with one attached hydrogen (secondary N) is 1. The Morgan fingerprint density at radius 1 is 0.895 bits per heavy atom. The van der Waals surface area contributed by atoms with Crippen LogP contribution in [0.5, 0.6) is 0 Å². The lowest BCUT2D eigenvalue weighted by atomic mass is 9.80. The summed E-state index contributed by atoms with van der Waals surface area (Å²) < 4.78 is 0. The smallest absolute Gasteiger partial charge is 0.00952 e. The van der Waals surface area contributed by atoms with Crippen LogP contribution >= 0.6 is 0 Å². The SMILES string of the molecule is CCCC1CCC(NC(CC)C2CCCCC2)CC1. The Bertz CT molecular complexity index is 224. The Kier molecular flexibility index (Phi) is 6.70. The van der Waals surface area contributed by atoms with E-state index in [4.69, 9.17) is 0 Å². The van der Waals surface area contributed by atoms with Gasteiger partial charge in [-0.3, -0.25) is 0 Å². The molecule has 0 heterocycles. The highest BCUT2D eigenvalue weighted by Gasteiger charge is 2.26. The van der Waals surface area contributed by atoms with E-state index in [9.17, 15) is 0 Å². The highest BCUT2D eigenvalue weighted by Crippen LogP contribution is 2.31. The second kappa shape index (κ2) is 8.29. The molecule has 0 saturated heterocycles. The quantitative estimate of drug-likeness (QED) is 0.687. The molecule has 2 fully saturated rings. The van der Waals surface area contributed by atoms with Crippen molar-refractivity contribution in [3.63, 3.8) is 0 Å². The van der Waals surface area contributed by atoms with Crippen molar-refractivity contribution < 1.29 is 0 Å². The molecule has 2 rings (SSSR count). The van der Waals surface area contributed by atoms with Crippen LogP contribution in [0, 0.1) is 11.8 Å². The van der Waals surface area contributed by atoms with E-state index in [2.05, 4.69) is 19.2 Å². The van der Waals surface area contributed by atoms with Crippen molar-refractivity contribution in [1.82, 2.24) is 5.32 Å². The fraction of sp³-hybridized carbons (Fsp3) is 1.00. The molecule has 1 nitrogen and oxygen atoms in total. The summed E-state index contributed by atoms with van der Waals surface area (Å²) in [5.41, 5.74) is 0. The first-order valence-electron chi connectivity index (χ1n) is 9.09. The summed E-state index contributed by atoms with van der Waals surface area (Å²) in [7, 11) is 0. The third-order valence-corrected chi connectivity index (χ3v) is 5.65. The summed E-state index contributed by atoms with van der Waals surface area (Å²) in [6.07, 6.45) is 17.4. The molecule has 1 heteroatoms. The maximum absolute atomic E-state index is 4.04. The van der Waals surface area contributed by atoms with Gasteiger partial charge in [0.15, 0.2) is 0 Å². The van der Waals surface area contributed by atoms with Crippen molar-refractivity contribution >= 4 is 0 Å². The van der Waals surface area contributed by atoms with Crippen molar-refractivity contribution in [1.29, 1.82) is 0 Å². The van der Waals surface area contributed by atoms with E-state index < -0.39 is 0 Å². The van der Waals surface area contributed by atoms with Gasteiger partial charge in [-0.15, -0.1) is 0 Å². The van der Waals surface area contributed by atoms with Crippen LogP contribution < -0.4 is 5.32 Å². The van der Waals surface area contributed by atoms with Crippen LogP contribution in [0.3, 0.4) is 0 Å². The Hall–Kier alpha value is -0.0400. The zero-order valence-corrected chi connectivity index (χ0v) is 13.3. The summed E-state index contributed by atoms with van der Waals surface area (Å²) in [5, 5.41) is 4.04. The molecular formula is C18H35N. The third-order valence-electron chi connectivity index (χ3n) is 5.65. The zero-order chi connectivity index (χ0) is 13.5. The predicted octanol–water partition coefficient (Wildman–Crippen LogP) is 5.29. The van der Waals surface area contributed by atoms with E-state index in [1.165, 1.54) is 77.0 Å². The monoisotopic (exact) mass is 265 g/mol. The van der Waals surface area contributed by atoms with Gasteiger partial charge in [-0.1, -0.05) is 46.0 Å². The second-order valence-corrected chi connectivity index (χ2v) is 7.09. The van der Waals surface area contributed by atoms with E-state index in [0.717, 1.165) is 23.9 Å². The zero-order valence-electron chi connectivity index (χ0n) is 13.3. The summed E-state index contributed by atoms with van der Waals surface area (Å²) in [6.45, 7) is 4.72. The largest absolute Gasteiger partial charge is 0.311 e. The normalized spacial score (nSPS) is 31.3. The third kappa shape index (κ3) is 4.77. The average molecular weight is 265 g/mol. The van der Waals surface area contributed by atoms with Crippen molar-refractivity contribution in [2.24, 2.45) is 11.8 Å². The average Bonchev–Trinajstić information content (AvgIpc) is 2.48. The highest BCUT2D eigenvalue weighted by molar-refractivity contribution is 4.84. The Morgan fingerprint density at radius 3 is 2.16 bits per heavy atom. The molecule has 2 aliphatic carbocycles. The molecule has 19 heavy (non-hydrogen) atoms. The highest BCUT2D eigenvalue weighted by atomic mass is 15.0. The van der Waals surface area contributed by atoms with Gasteiger partial charge in [-0.05, 0) is 56.8 Å². The fourth-order valence-electron chi connectivity index (χ4n) is 4.45. The van der Waals surface area contributed by atoms with Gasteiger partial charge in [-0.2, -0.15) is 0 Å². The maximum Gasteiger partial charge on any atom is 0.00952 e. The lowest BCUT2D eigenvalue weighted by molar-refractivity contribution is 0.207. The van der Waals surface area contributed by atoms with Crippen molar-refractivity contribution in [2.45, 2.75) is 103 Å². The Morgan fingerprint density at radius 2 is 1.58 bits per heavy atom. The molecule has 2 aliphatic rings. The van der Waals surface area contributed by atoms with Crippen LogP contribution in [0.15, 0.2) is 0 Å². The lowest BCUT2D eigenvalue weighted by Gasteiger charge is -2.36. The lowest BCUT2D eigenvalue weighted by Crippen LogP contribution is -2.44. The Labute approximate surface area is 120 Å². The van der Waals surface area contributed by atoms with Crippen LogP contribution in [-0.4, -0.2) is 12.1 Å². The first kappa shape index (κ1) is 15.4. The van der Waals surface area contributed by atoms with Gasteiger partial charge in [0.1, 0.15) is 0 Å². The molecule has 0 aromatic rings. The first-order chi connectivity index (χ1) is 9.33. The maximum atomic E-state index is 4.04. The van der Waals surface area contributed by atoms with E-state index in [1.807, 2.05) is 0 Å². The molecule has 0 spiro atoms. The van der Waals surface area contributed by atoms with Gasteiger partial charge in [-0.25, -0.2) is 0 Å². The van der Waals surface area contributed by atoms with Gasteiger partial charge >= 0.3 is 0 Å².